The molecule has 0 bridgehead atoms. The van der Waals surface area contributed by atoms with Crippen LogP contribution in [0.1, 0.15) is 0 Å². The van der Waals surface area contributed by atoms with Crippen LogP contribution < -0.4 is 0 Å². The van der Waals surface area contributed by atoms with Crippen LogP contribution in [0.15, 0.2) is 0 Å². The molecule has 0 saturated heterocycles. The fourth-order valence-corrected chi connectivity index (χ4v) is 8.02. The highest BCUT2D eigenvalue weighted by Gasteiger charge is 2.45. The van der Waals surface area contributed by atoms with Gasteiger partial charge in [-0.2, -0.15) is 0 Å². The van der Waals surface area contributed by atoms with E-state index in [4.69, 9.17) is 22.1 Å². The monoisotopic (exact) mass is 540 g/mol. The lowest BCUT2D eigenvalue weighted by molar-refractivity contribution is -0.127. The minimum absolute atomic E-state index is 0.325. The summed E-state index contributed by atoms with van der Waals surface area (Å²) in [5.41, 5.74) is 0. The molecule has 0 saturated carbocycles. The molecule has 0 spiro atoms. The molecule has 32 heavy (non-hydrogen) atoms. The lowest BCUT2D eigenvalue weighted by atomic mass is 10.0. The van der Waals surface area contributed by atoms with Crippen LogP contribution in [-0.4, -0.2) is 78.9 Å². The van der Waals surface area contributed by atoms with Gasteiger partial charge in [0, 0.05) is 0 Å². The predicted molar refractivity (Wildman–Crippen MR) is 148 cm³/mol. The van der Waals surface area contributed by atoms with E-state index in [1.807, 2.05) is 0 Å². The summed E-state index contributed by atoms with van der Waals surface area (Å²) < 4.78 is 32.8. The number of carbonyl (C=O) groups excluding carboxylic acids is 1. The highest BCUT2D eigenvalue weighted by Crippen LogP contribution is 2.28. The standard InChI is InChI=1S/C21H52O6Si5/c1-28(2,3)23-17-19(25-30(7,8)9)21(27-32(13,14)15)20(26-31(10,11)12)18(16-22)24-29(4,5)6/h16,18-21H,17H2,1-15H3/t18-,19+,20-,21-/m0/s1. The van der Waals surface area contributed by atoms with Crippen LogP contribution in [0.5, 0.6) is 0 Å². The molecule has 0 aliphatic rings. The van der Waals surface area contributed by atoms with E-state index in [-0.39, 0.29) is 6.10 Å². The Hall–Kier alpha value is 0.554. The largest absolute Gasteiger partial charge is 0.415 e. The molecular weight excluding hydrogens is 489 g/mol. The summed E-state index contributed by atoms with van der Waals surface area (Å²) in [4.78, 5) is 12.3. The molecule has 192 valence electrons. The van der Waals surface area contributed by atoms with Gasteiger partial charge in [0.1, 0.15) is 18.5 Å². The Morgan fingerprint density at radius 2 is 0.906 bits per heavy atom. The first-order valence-electron chi connectivity index (χ1n) is 11.7. The van der Waals surface area contributed by atoms with E-state index in [1.54, 1.807) is 0 Å². The van der Waals surface area contributed by atoms with Gasteiger partial charge in [-0.1, -0.05) is 0 Å². The van der Waals surface area contributed by atoms with Gasteiger partial charge in [0.25, 0.3) is 0 Å². The smallest absolute Gasteiger partial charge is 0.184 e. The molecule has 0 fully saturated rings. The minimum Gasteiger partial charge on any atom is -0.415 e. The molecule has 0 aliphatic heterocycles. The van der Waals surface area contributed by atoms with Crippen LogP contribution in [-0.2, 0) is 26.9 Å². The molecule has 0 aromatic heterocycles. The van der Waals surface area contributed by atoms with Crippen molar-refractivity contribution >= 4 is 47.9 Å². The van der Waals surface area contributed by atoms with Gasteiger partial charge in [-0.05, 0) is 98.2 Å². The number of hydrogen-bond donors (Lipinski definition) is 0. The lowest BCUT2D eigenvalue weighted by Gasteiger charge is -2.44. The highest BCUT2D eigenvalue weighted by atomic mass is 28.4. The second kappa shape index (κ2) is 12.0. The molecule has 6 nitrogen and oxygen atoms in total. The number of aldehydes is 1. The van der Waals surface area contributed by atoms with Crippen molar-refractivity contribution in [3.63, 3.8) is 0 Å². The normalized spacial score (nSPS) is 18.2. The van der Waals surface area contributed by atoms with E-state index in [2.05, 4.69) is 98.2 Å². The Morgan fingerprint density at radius 1 is 0.531 bits per heavy atom. The van der Waals surface area contributed by atoms with Crippen LogP contribution in [0.2, 0.25) is 98.2 Å². The van der Waals surface area contributed by atoms with E-state index in [9.17, 15) is 4.79 Å². The van der Waals surface area contributed by atoms with Crippen molar-refractivity contribution in [2.75, 3.05) is 6.61 Å². The number of rotatable bonds is 15. The summed E-state index contributed by atoms with van der Waals surface area (Å²) >= 11 is 0. The fourth-order valence-electron chi connectivity index (χ4n) is 3.05. The molecule has 0 unspecified atom stereocenters. The molecule has 4 atom stereocenters. The summed E-state index contributed by atoms with van der Waals surface area (Å²) in [5.74, 6) is 0. The third kappa shape index (κ3) is 16.2. The van der Waals surface area contributed by atoms with Crippen molar-refractivity contribution in [3.05, 3.63) is 0 Å². The van der Waals surface area contributed by atoms with Crippen molar-refractivity contribution in [2.24, 2.45) is 0 Å². The van der Waals surface area contributed by atoms with Crippen molar-refractivity contribution in [1.29, 1.82) is 0 Å². The van der Waals surface area contributed by atoms with Crippen molar-refractivity contribution in [3.8, 4) is 0 Å². The molecule has 0 aliphatic carbocycles. The Morgan fingerprint density at radius 3 is 1.22 bits per heavy atom. The molecule has 0 aromatic rings. The number of carbonyl (C=O) groups is 1. The average Bonchev–Trinajstić information content (AvgIpc) is 2.48. The summed E-state index contributed by atoms with van der Waals surface area (Å²) in [6.07, 6.45) is -1.11. The lowest BCUT2D eigenvalue weighted by Crippen LogP contribution is -2.59. The minimum atomic E-state index is -2.04. The zero-order chi connectivity index (χ0) is 25.8. The van der Waals surface area contributed by atoms with Crippen LogP contribution in [0.25, 0.3) is 0 Å². The van der Waals surface area contributed by atoms with E-state index in [0.717, 1.165) is 6.29 Å². The second-order valence-electron chi connectivity index (χ2n) is 13.4. The molecule has 0 N–H and O–H groups in total. The topological polar surface area (TPSA) is 63.2 Å². The molecule has 0 rings (SSSR count). The second-order valence-corrected chi connectivity index (χ2v) is 35.8. The number of hydrogen-bond acceptors (Lipinski definition) is 6. The van der Waals surface area contributed by atoms with Crippen molar-refractivity contribution in [1.82, 2.24) is 0 Å². The highest BCUT2D eigenvalue weighted by molar-refractivity contribution is 6.71. The van der Waals surface area contributed by atoms with Crippen LogP contribution in [0.4, 0.5) is 0 Å². The molecule has 0 aromatic carbocycles. The quantitative estimate of drug-likeness (QED) is 0.190. The van der Waals surface area contributed by atoms with E-state index in [1.165, 1.54) is 0 Å². The first-order chi connectivity index (χ1) is 13.9. The van der Waals surface area contributed by atoms with Gasteiger partial charge in [-0.25, -0.2) is 0 Å². The first kappa shape index (κ1) is 32.6. The van der Waals surface area contributed by atoms with E-state index < -0.39 is 59.9 Å². The van der Waals surface area contributed by atoms with Crippen LogP contribution >= 0.6 is 0 Å². The summed E-state index contributed by atoms with van der Waals surface area (Å²) in [5, 5.41) is 0. The summed E-state index contributed by atoms with van der Waals surface area (Å²) in [6, 6.07) is 0. The van der Waals surface area contributed by atoms with E-state index in [0.29, 0.717) is 6.61 Å². The Labute approximate surface area is 203 Å². The van der Waals surface area contributed by atoms with Crippen LogP contribution in [0.3, 0.4) is 0 Å². The fraction of sp³-hybridized carbons (Fsp3) is 0.952. The third-order valence-corrected chi connectivity index (χ3v) is 8.78. The van der Waals surface area contributed by atoms with Gasteiger partial charge in [0.2, 0.25) is 0 Å². The summed E-state index contributed by atoms with van der Waals surface area (Å²) in [7, 11) is -9.81. The van der Waals surface area contributed by atoms with E-state index >= 15 is 0 Å². The first-order valence-corrected chi connectivity index (χ1v) is 28.8. The van der Waals surface area contributed by atoms with Crippen molar-refractivity contribution in [2.45, 2.75) is 123 Å². The van der Waals surface area contributed by atoms with Gasteiger partial charge in [-0.15, -0.1) is 0 Å². The third-order valence-electron chi connectivity index (χ3n) is 3.80. The molecular formula is C21H52O6Si5. The maximum Gasteiger partial charge on any atom is 0.184 e. The molecule has 0 radical (unpaired) electrons. The Bertz CT molecular complexity index is 570. The van der Waals surface area contributed by atoms with Gasteiger partial charge in [-0.3, -0.25) is 0 Å². The van der Waals surface area contributed by atoms with Gasteiger partial charge in [0.15, 0.2) is 41.6 Å². The Balaban J connectivity index is 6.51. The maximum atomic E-state index is 12.3. The zero-order valence-corrected chi connectivity index (χ0v) is 28.5. The molecule has 0 heterocycles. The Kier molecular flexibility index (Phi) is 12.2. The van der Waals surface area contributed by atoms with Gasteiger partial charge >= 0.3 is 0 Å². The van der Waals surface area contributed by atoms with Crippen LogP contribution in [0, 0.1) is 0 Å². The molecule has 0 amide bonds. The van der Waals surface area contributed by atoms with Gasteiger partial charge in [0.05, 0.1) is 18.8 Å². The SMILES string of the molecule is C[Si](C)(C)OC[C@@H](O[Si](C)(C)C)[C@H](O[Si](C)(C)C)[C@@H](O[Si](C)(C)C)[C@H](C=O)O[Si](C)(C)C. The maximum absolute atomic E-state index is 12.3. The van der Waals surface area contributed by atoms with Gasteiger partial charge < -0.3 is 26.9 Å². The zero-order valence-electron chi connectivity index (χ0n) is 23.5. The average molecular weight is 541 g/mol. The summed E-state index contributed by atoms with van der Waals surface area (Å²) in [6.45, 7) is 32.6. The van der Waals surface area contributed by atoms with Crippen molar-refractivity contribution < 1.29 is 26.9 Å². The predicted octanol–water partition coefficient (Wildman–Crippen LogP) is 5.92. The molecule has 11 heteroatoms.